The minimum Gasteiger partial charge on any atom is -0.480 e. The third-order valence-electron chi connectivity index (χ3n) is 3.76. The number of aryl methyl sites for hydroxylation is 1. The van der Waals surface area contributed by atoms with Gasteiger partial charge in [0.25, 0.3) is 5.56 Å². The lowest BCUT2D eigenvalue weighted by Gasteiger charge is -2.10. The number of aliphatic carboxylic acids is 1. The van der Waals surface area contributed by atoms with Crippen LogP contribution in [0.15, 0.2) is 34.7 Å². The van der Waals surface area contributed by atoms with E-state index >= 15 is 0 Å². The van der Waals surface area contributed by atoms with Gasteiger partial charge in [0.1, 0.15) is 10.9 Å². The van der Waals surface area contributed by atoms with E-state index in [0.717, 1.165) is 21.3 Å². The van der Waals surface area contributed by atoms with Gasteiger partial charge in [0.15, 0.2) is 0 Å². The molecule has 5 nitrogen and oxygen atoms in total. The average Bonchev–Trinajstić information content (AvgIpc) is 2.94. The molecule has 118 valence electrons. The molecule has 0 spiro atoms. The van der Waals surface area contributed by atoms with Crippen molar-refractivity contribution in [1.29, 1.82) is 0 Å². The molecule has 1 atom stereocenters. The van der Waals surface area contributed by atoms with Gasteiger partial charge >= 0.3 is 5.97 Å². The molecule has 1 unspecified atom stereocenters. The summed E-state index contributed by atoms with van der Waals surface area (Å²) in [6.07, 6.45) is 1.29. The van der Waals surface area contributed by atoms with Gasteiger partial charge in [-0.25, -0.2) is 9.78 Å². The van der Waals surface area contributed by atoms with Crippen molar-refractivity contribution < 1.29 is 9.90 Å². The van der Waals surface area contributed by atoms with Crippen LogP contribution in [0.1, 0.15) is 18.5 Å². The summed E-state index contributed by atoms with van der Waals surface area (Å²) in [5, 5.41) is 12.1. The Kier molecular flexibility index (Phi) is 3.95. The summed E-state index contributed by atoms with van der Waals surface area (Å²) in [4.78, 5) is 28.7. The lowest BCUT2D eigenvalue weighted by atomic mass is 10.0. The maximum absolute atomic E-state index is 12.7. The minimum absolute atomic E-state index is 0.353. The van der Waals surface area contributed by atoms with Crippen LogP contribution in [0, 0.1) is 6.92 Å². The maximum Gasteiger partial charge on any atom is 0.326 e. The third-order valence-corrected chi connectivity index (χ3v) is 5.07. The first-order valence-electron chi connectivity index (χ1n) is 6.88. The van der Waals surface area contributed by atoms with Gasteiger partial charge in [-0.2, -0.15) is 0 Å². The second-order valence-electron chi connectivity index (χ2n) is 5.26. The van der Waals surface area contributed by atoms with E-state index in [4.69, 9.17) is 16.7 Å². The molecule has 1 aromatic carbocycles. The number of rotatable bonds is 3. The molecule has 0 amide bonds. The van der Waals surface area contributed by atoms with Gasteiger partial charge in [-0.05, 0) is 37.1 Å². The number of benzene rings is 1. The van der Waals surface area contributed by atoms with Crippen LogP contribution in [0.25, 0.3) is 21.3 Å². The fourth-order valence-electron chi connectivity index (χ4n) is 2.37. The molecule has 0 bridgehead atoms. The maximum atomic E-state index is 12.7. The average molecular weight is 349 g/mol. The molecule has 0 saturated carbocycles. The highest BCUT2D eigenvalue weighted by atomic mass is 35.5. The van der Waals surface area contributed by atoms with Gasteiger partial charge in [0.05, 0.1) is 11.7 Å². The molecule has 0 aliphatic carbocycles. The molecule has 0 radical (unpaired) electrons. The topological polar surface area (TPSA) is 72.2 Å². The van der Waals surface area contributed by atoms with Crippen LogP contribution in [0.5, 0.6) is 0 Å². The third kappa shape index (κ3) is 2.64. The Morgan fingerprint density at radius 2 is 2.17 bits per heavy atom. The first-order chi connectivity index (χ1) is 10.9. The van der Waals surface area contributed by atoms with E-state index in [1.165, 1.54) is 24.6 Å². The Balaban J connectivity index is 2.27. The predicted molar refractivity (Wildman–Crippen MR) is 91.4 cm³/mol. The Bertz CT molecular complexity index is 977. The number of carboxylic acids is 1. The molecular formula is C16H13ClN2O3S. The second-order valence-corrected chi connectivity index (χ2v) is 6.53. The lowest BCUT2D eigenvalue weighted by Crippen LogP contribution is -2.28. The van der Waals surface area contributed by atoms with Crippen molar-refractivity contribution in [2.24, 2.45) is 0 Å². The summed E-state index contributed by atoms with van der Waals surface area (Å²) in [6.45, 7) is 3.35. The van der Waals surface area contributed by atoms with Crippen molar-refractivity contribution in [2.45, 2.75) is 19.9 Å². The van der Waals surface area contributed by atoms with Gasteiger partial charge in [0, 0.05) is 16.0 Å². The molecule has 7 heteroatoms. The summed E-state index contributed by atoms with van der Waals surface area (Å²) >= 11 is 7.41. The van der Waals surface area contributed by atoms with E-state index in [0.29, 0.717) is 15.2 Å². The predicted octanol–water partition coefficient (Wildman–Crippen LogP) is 3.73. The monoisotopic (exact) mass is 348 g/mol. The van der Waals surface area contributed by atoms with Crippen molar-refractivity contribution in [2.75, 3.05) is 0 Å². The van der Waals surface area contributed by atoms with Crippen molar-refractivity contribution in [3.05, 3.63) is 50.8 Å². The van der Waals surface area contributed by atoms with E-state index in [-0.39, 0.29) is 5.56 Å². The number of aromatic nitrogens is 2. The SMILES string of the molecule is Cc1cc(-c2csc3ncn(C(C)C(=O)O)c(=O)c23)ccc1Cl. The van der Waals surface area contributed by atoms with Gasteiger partial charge in [-0.1, -0.05) is 17.7 Å². The zero-order valence-corrected chi connectivity index (χ0v) is 14.0. The normalized spacial score (nSPS) is 12.5. The summed E-state index contributed by atoms with van der Waals surface area (Å²) in [6, 6.07) is 4.55. The van der Waals surface area contributed by atoms with Gasteiger partial charge in [-0.15, -0.1) is 11.3 Å². The van der Waals surface area contributed by atoms with Crippen LogP contribution < -0.4 is 5.56 Å². The summed E-state index contributed by atoms with van der Waals surface area (Å²) in [7, 11) is 0. The molecule has 3 rings (SSSR count). The Morgan fingerprint density at radius 1 is 1.43 bits per heavy atom. The molecule has 0 fully saturated rings. The highest BCUT2D eigenvalue weighted by Gasteiger charge is 2.19. The number of carboxylic acid groups (broad SMARTS) is 1. The van der Waals surface area contributed by atoms with Crippen molar-refractivity contribution in [3.63, 3.8) is 0 Å². The molecule has 2 aromatic heterocycles. The molecule has 1 N–H and O–H groups in total. The van der Waals surface area contributed by atoms with Crippen LogP contribution in [0.4, 0.5) is 0 Å². The number of hydrogen-bond donors (Lipinski definition) is 1. The van der Waals surface area contributed by atoms with Gasteiger partial charge < -0.3 is 5.11 Å². The Hall–Kier alpha value is -2.18. The fraction of sp³-hybridized carbons (Fsp3) is 0.188. The van der Waals surface area contributed by atoms with Crippen LogP contribution in [0.2, 0.25) is 5.02 Å². The zero-order chi connectivity index (χ0) is 16.7. The molecule has 0 saturated heterocycles. The van der Waals surface area contributed by atoms with E-state index in [1.807, 2.05) is 24.4 Å². The highest BCUT2D eigenvalue weighted by Crippen LogP contribution is 2.32. The van der Waals surface area contributed by atoms with Gasteiger partial charge in [-0.3, -0.25) is 9.36 Å². The first-order valence-corrected chi connectivity index (χ1v) is 8.13. The summed E-state index contributed by atoms with van der Waals surface area (Å²) in [5.74, 6) is -1.08. The largest absolute Gasteiger partial charge is 0.480 e. The number of fused-ring (bicyclic) bond motifs is 1. The van der Waals surface area contributed by atoms with Crippen LogP contribution in [-0.4, -0.2) is 20.6 Å². The van der Waals surface area contributed by atoms with Crippen LogP contribution >= 0.6 is 22.9 Å². The first kappa shape index (κ1) is 15.7. The van der Waals surface area contributed by atoms with E-state index < -0.39 is 12.0 Å². The zero-order valence-electron chi connectivity index (χ0n) is 12.4. The summed E-state index contributed by atoms with van der Waals surface area (Å²) in [5.41, 5.74) is 2.16. The number of carbonyl (C=O) groups is 1. The summed E-state index contributed by atoms with van der Waals surface area (Å²) < 4.78 is 1.14. The smallest absolute Gasteiger partial charge is 0.326 e. The van der Waals surface area contributed by atoms with E-state index in [9.17, 15) is 9.59 Å². The number of halogens is 1. The molecule has 3 aromatic rings. The fourth-order valence-corrected chi connectivity index (χ4v) is 3.39. The van der Waals surface area contributed by atoms with Crippen molar-refractivity contribution >= 4 is 39.1 Å². The van der Waals surface area contributed by atoms with Gasteiger partial charge in [0.2, 0.25) is 0 Å². The second kappa shape index (κ2) is 5.79. The molecule has 23 heavy (non-hydrogen) atoms. The molecule has 2 heterocycles. The number of hydrogen-bond acceptors (Lipinski definition) is 4. The van der Waals surface area contributed by atoms with E-state index in [1.54, 1.807) is 6.07 Å². The van der Waals surface area contributed by atoms with Crippen molar-refractivity contribution in [3.8, 4) is 11.1 Å². The minimum atomic E-state index is -1.08. The van der Waals surface area contributed by atoms with Crippen molar-refractivity contribution in [1.82, 2.24) is 9.55 Å². The molecule has 0 aliphatic heterocycles. The van der Waals surface area contributed by atoms with E-state index in [2.05, 4.69) is 4.98 Å². The number of thiophene rings is 1. The Labute approximate surface area is 140 Å². The standard InChI is InChI=1S/C16H13ClN2O3S/c1-8-5-10(3-4-12(8)17)11-6-23-14-13(11)15(20)19(7-18-14)9(2)16(21)22/h3-7,9H,1-2H3,(H,21,22). The van der Waals surface area contributed by atoms with Crippen LogP contribution in [-0.2, 0) is 4.79 Å². The Morgan fingerprint density at radius 3 is 2.83 bits per heavy atom. The quantitative estimate of drug-likeness (QED) is 0.782. The lowest BCUT2D eigenvalue weighted by molar-refractivity contribution is -0.140. The van der Waals surface area contributed by atoms with Crippen LogP contribution in [0.3, 0.4) is 0 Å². The molecular weight excluding hydrogens is 336 g/mol. The number of nitrogens with zero attached hydrogens (tertiary/aromatic N) is 2. The molecule has 0 aliphatic rings. The highest BCUT2D eigenvalue weighted by molar-refractivity contribution is 7.17.